The van der Waals surface area contributed by atoms with Crippen LogP contribution in [0.4, 0.5) is 11.5 Å². The lowest BCUT2D eigenvalue weighted by Crippen LogP contribution is -2.48. The van der Waals surface area contributed by atoms with Gasteiger partial charge in [0.2, 0.25) is 11.8 Å². The van der Waals surface area contributed by atoms with E-state index in [1.54, 1.807) is 0 Å². The van der Waals surface area contributed by atoms with Crippen LogP contribution in [-0.4, -0.2) is 27.4 Å². The molecule has 1 aromatic rings. The predicted octanol–water partition coefficient (Wildman–Crippen LogP) is -1.25. The molecule has 0 aliphatic carbocycles. The second-order valence-electron chi connectivity index (χ2n) is 4.82. The van der Waals surface area contributed by atoms with Crippen molar-refractivity contribution in [2.45, 2.75) is 38.8 Å². The minimum atomic E-state index is -0.737. The van der Waals surface area contributed by atoms with Crippen LogP contribution in [-0.2, 0) is 16.1 Å². The van der Waals surface area contributed by atoms with Gasteiger partial charge in [0.05, 0.1) is 0 Å². The van der Waals surface area contributed by atoms with E-state index in [0.29, 0.717) is 13.0 Å². The maximum absolute atomic E-state index is 11.9. The summed E-state index contributed by atoms with van der Waals surface area (Å²) in [6.45, 7) is 2.22. The Balaban J connectivity index is 2.34. The first kappa shape index (κ1) is 14.8. The molecule has 1 saturated heterocycles. The fraction of sp³-hybridized carbons (Fsp3) is 0.500. The average Bonchev–Trinajstić information content (AvgIpc) is 2.41. The van der Waals surface area contributed by atoms with Crippen molar-refractivity contribution in [1.82, 2.24) is 14.9 Å². The molecule has 2 amide bonds. The largest absolute Gasteiger partial charge is 0.383 e. The van der Waals surface area contributed by atoms with Gasteiger partial charge in [-0.3, -0.25) is 29.3 Å². The molecule has 0 aromatic carbocycles. The van der Waals surface area contributed by atoms with Crippen LogP contribution in [0.5, 0.6) is 0 Å². The van der Waals surface area contributed by atoms with Crippen molar-refractivity contribution < 1.29 is 9.59 Å². The molecular formula is C12H17N5O4. The monoisotopic (exact) mass is 295 g/mol. The molecule has 5 N–H and O–H groups in total. The molecule has 0 saturated carbocycles. The zero-order valence-corrected chi connectivity index (χ0v) is 11.6. The number of anilines is 2. The quantitative estimate of drug-likeness (QED) is 0.512. The molecule has 0 bridgehead atoms. The Morgan fingerprint density at radius 2 is 2.05 bits per heavy atom. The molecule has 1 fully saturated rings. The number of amides is 2. The molecule has 1 aromatic heterocycles. The van der Waals surface area contributed by atoms with Crippen LogP contribution in [0.1, 0.15) is 26.2 Å². The van der Waals surface area contributed by atoms with Crippen LogP contribution in [0.15, 0.2) is 9.59 Å². The number of piperidine rings is 1. The van der Waals surface area contributed by atoms with Crippen molar-refractivity contribution in [3.8, 4) is 0 Å². The number of imide groups is 1. The van der Waals surface area contributed by atoms with E-state index in [9.17, 15) is 19.2 Å². The minimum Gasteiger partial charge on any atom is -0.383 e. The fourth-order valence-electron chi connectivity index (χ4n) is 2.18. The minimum absolute atomic E-state index is 0.0182. The molecule has 1 aliphatic rings. The van der Waals surface area contributed by atoms with Gasteiger partial charge in [0.25, 0.3) is 5.56 Å². The Bertz CT molecular complexity index is 690. The molecule has 2 rings (SSSR count). The summed E-state index contributed by atoms with van der Waals surface area (Å²) in [5.74, 6) is -0.885. The standard InChI is InChI=1S/C12H17N5O4/c1-2-5-17-9(13)8(11(20)16-12(17)21)14-6-3-4-7(18)15-10(6)19/h6,14H,2-5,13H2,1H3,(H,15,18,19)(H,16,20,21). The Kier molecular flexibility index (Phi) is 4.10. The maximum Gasteiger partial charge on any atom is 0.330 e. The van der Waals surface area contributed by atoms with Gasteiger partial charge in [-0.15, -0.1) is 0 Å². The number of hydrogen-bond acceptors (Lipinski definition) is 6. The van der Waals surface area contributed by atoms with Crippen molar-refractivity contribution in [3.05, 3.63) is 20.8 Å². The third-order valence-corrected chi connectivity index (χ3v) is 3.24. The van der Waals surface area contributed by atoms with E-state index in [4.69, 9.17) is 5.73 Å². The topological polar surface area (TPSA) is 139 Å². The summed E-state index contributed by atoms with van der Waals surface area (Å²) in [4.78, 5) is 48.5. The normalized spacial score (nSPS) is 18.4. The Hall–Kier alpha value is -2.58. The van der Waals surface area contributed by atoms with Crippen LogP contribution in [0.25, 0.3) is 0 Å². The highest BCUT2D eigenvalue weighted by Crippen LogP contribution is 2.15. The lowest BCUT2D eigenvalue weighted by atomic mass is 10.1. The van der Waals surface area contributed by atoms with Gasteiger partial charge < -0.3 is 11.1 Å². The first-order valence-electron chi connectivity index (χ1n) is 6.66. The number of nitrogens with zero attached hydrogens (tertiary/aromatic N) is 1. The summed E-state index contributed by atoms with van der Waals surface area (Å²) >= 11 is 0. The Labute approximate surface area is 119 Å². The lowest BCUT2D eigenvalue weighted by molar-refractivity contribution is -0.133. The zero-order valence-electron chi connectivity index (χ0n) is 11.6. The summed E-state index contributed by atoms with van der Waals surface area (Å²) < 4.78 is 1.23. The van der Waals surface area contributed by atoms with Crippen molar-refractivity contribution in [2.75, 3.05) is 11.1 Å². The number of hydrogen-bond donors (Lipinski definition) is 4. The van der Waals surface area contributed by atoms with Gasteiger partial charge in [-0.1, -0.05) is 6.92 Å². The zero-order chi connectivity index (χ0) is 15.6. The molecule has 1 aliphatic heterocycles. The first-order chi connectivity index (χ1) is 9.93. The number of aromatic nitrogens is 2. The van der Waals surface area contributed by atoms with Crippen molar-refractivity contribution in [1.29, 1.82) is 0 Å². The highest BCUT2D eigenvalue weighted by molar-refractivity contribution is 6.01. The highest BCUT2D eigenvalue weighted by Gasteiger charge is 2.28. The first-order valence-corrected chi connectivity index (χ1v) is 6.66. The van der Waals surface area contributed by atoms with E-state index in [2.05, 4.69) is 15.6 Å². The van der Waals surface area contributed by atoms with E-state index < -0.39 is 23.2 Å². The van der Waals surface area contributed by atoms with Crippen molar-refractivity contribution in [3.63, 3.8) is 0 Å². The molecule has 114 valence electrons. The van der Waals surface area contributed by atoms with Gasteiger partial charge in [0.1, 0.15) is 17.5 Å². The third kappa shape index (κ3) is 2.96. The van der Waals surface area contributed by atoms with Crippen LogP contribution >= 0.6 is 0 Å². The summed E-state index contributed by atoms with van der Waals surface area (Å²) in [6, 6.07) is -0.737. The summed E-state index contributed by atoms with van der Waals surface area (Å²) in [6.07, 6.45) is 1.10. The van der Waals surface area contributed by atoms with Gasteiger partial charge >= 0.3 is 5.69 Å². The molecule has 9 nitrogen and oxygen atoms in total. The van der Waals surface area contributed by atoms with Gasteiger partial charge in [-0.25, -0.2) is 4.79 Å². The highest BCUT2D eigenvalue weighted by atomic mass is 16.2. The Morgan fingerprint density at radius 3 is 2.67 bits per heavy atom. The van der Waals surface area contributed by atoms with Gasteiger partial charge in [0.15, 0.2) is 0 Å². The number of nitrogens with one attached hydrogen (secondary N) is 3. The molecule has 21 heavy (non-hydrogen) atoms. The molecule has 9 heteroatoms. The van der Waals surface area contributed by atoms with E-state index in [0.717, 1.165) is 0 Å². The van der Waals surface area contributed by atoms with E-state index >= 15 is 0 Å². The van der Waals surface area contributed by atoms with Crippen molar-refractivity contribution in [2.24, 2.45) is 0 Å². The second kappa shape index (κ2) is 5.81. The van der Waals surface area contributed by atoms with Crippen LogP contribution < -0.4 is 27.6 Å². The van der Waals surface area contributed by atoms with E-state index in [1.807, 2.05) is 6.92 Å². The Morgan fingerprint density at radius 1 is 1.33 bits per heavy atom. The second-order valence-corrected chi connectivity index (χ2v) is 4.82. The molecular weight excluding hydrogens is 278 g/mol. The van der Waals surface area contributed by atoms with E-state index in [-0.39, 0.29) is 30.3 Å². The summed E-state index contributed by atoms with van der Waals surface area (Å²) in [5, 5.41) is 4.90. The smallest absolute Gasteiger partial charge is 0.330 e. The van der Waals surface area contributed by atoms with Crippen LogP contribution in [0.3, 0.4) is 0 Å². The summed E-state index contributed by atoms with van der Waals surface area (Å²) in [7, 11) is 0. The predicted molar refractivity (Wildman–Crippen MR) is 75.8 cm³/mol. The number of H-pyrrole nitrogens is 1. The molecule has 1 unspecified atom stereocenters. The molecule has 0 radical (unpaired) electrons. The third-order valence-electron chi connectivity index (χ3n) is 3.24. The maximum atomic E-state index is 11.9. The van der Waals surface area contributed by atoms with Gasteiger partial charge in [0, 0.05) is 13.0 Å². The number of rotatable bonds is 4. The fourth-order valence-corrected chi connectivity index (χ4v) is 2.18. The lowest BCUT2D eigenvalue weighted by Gasteiger charge is -2.23. The van der Waals surface area contributed by atoms with Gasteiger partial charge in [-0.05, 0) is 12.8 Å². The number of nitrogens with two attached hydrogens (primary N) is 1. The van der Waals surface area contributed by atoms with E-state index in [1.165, 1.54) is 4.57 Å². The molecule has 2 heterocycles. The summed E-state index contributed by atoms with van der Waals surface area (Å²) in [5.41, 5.74) is 4.54. The van der Waals surface area contributed by atoms with Crippen LogP contribution in [0.2, 0.25) is 0 Å². The van der Waals surface area contributed by atoms with Crippen LogP contribution in [0, 0.1) is 0 Å². The number of nitrogen functional groups attached to an aromatic ring is 1. The van der Waals surface area contributed by atoms with Crippen molar-refractivity contribution >= 4 is 23.3 Å². The molecule has 1 atom stereocenters. The molecule has 0 spiro atoms. The number of carbonyl (C=O) groups is 2. The average molecular weight is 295 g/mol. The number of aromatic amines is 1. The SMILES string of the molecule is CCCn1c(N)c(NC2CCC(=O)NC2=O)c(=O)[nH]c1=O. The van der Waals surface area contributed by atoms with Gasteiger partial charge in [-0.2, -0.15) is 0 Å². The number of carbonyl (C=O) groups excluding carboxylic acids is 2.